The van der Waals surface area contributed by atoms with E-state index in [1.165, 1.54) is 37.0 Å². The molecule has 1 fully saturated rings. The quantitative estimate of drug-likeness (QED) is 0.680. The Kier molecular flexibility index (Phi) is 5.64. The maximum absolute atomic E-state index is 3.98. The fraction of sp³-hybridized carbons (Fsp3) is 0.833. The summed E-state index contributed by atoms with van der Waals surface area (Å²) in [6.45, 7) is 9.41. The number of hydrogen-bond donors (Lipinski definition) is 1. The van der Waals surface area contributed by atoms with E-state index in [4.69, 9.17) is 0 Å². The fourth-order valence-electron chi connectivity index (χ4n) is 2.00. The lowest BCUT2D eigenvalue weighted by molar-refractivity contribution is 0.468. The van der Waals surface area contributed by atoms with Gasteiger partial charge in [-0.25, -0.2) is 0 Å². The van der Waals surface area contributed by atoms with E-state index in [1.54, 1.807) is 0 Å². The highest BCUT2D eigenvalue weighted by Gasteiger charge is 2.24. The second-order valence-electron chi connectivity index (χ2n) is 4.21. The molecule has 1 aliphatic rings. The third kappa shape index (κ3) is 4.05. The first kappa shape index (κ1) is 12.1. The molecule has 82 valence electrons. The van der Waals surface area contributed by atoms with E-state index >= 15 is 0 Å². The lowest BCUT2D eigenvalue weighted by Gasteiger charge is -2.23. The Bertz CT molecular complexity index is 173. The standard InChI is InChI=1S/C12H23NS/c1-4-13-11(8-7-10(2)3)12-6-5-9-14-12/h11-13H,2,4-9H2,1,3H3. The number of nitrogens with one attached hydrogen (secondary N) is 1. The second kappa shape index (κ2) is 6.52. The Labute approximate surface area is 92.7 Å². The van der Waals surface area contributed by atoms with Gasteiger partial charge in [-0.05, 0) is 44.9 Å². The molecule has 2 unspecified atom stereocenters. The van der Waals surface area contributed by atoms with Crippen LogP contribution in [0, 0.1) is 0 Å². The molecule has 0 saturated carbocycles. The summed E-state index contributed by atoms with van der Waals surface area (Å²) in [5, 5.41) is 4.47. The third-order valence-corrected chi connectivity index (χ3v) is 4.28. The van der Waals surface area contributed by atoms with Crippen LogP contribution in [0.2, 0.25) is 0 Å². The molecule has 0 aliphatic carbocycles. The first-order valence-corrected chi connectivity index (χ1v) is 6.78. The highest BCUT2D eigenvalue weighted by molar-refractivity contribution is 8.00. The molecule has 0 aromatic heterocycles. The largest absolute Gasteiger partial charge is 0.313 e. The van der Waals surface area contributed by atoms with Crippen LogP contribution < -0.4 is 5.32 Å². The molecule has 0 aromatic carbocycles. The van der Waals surface area contributed by atoms with Gasteiger partial charge in [-0.1, -0.05) is 12.5 Å². The van der Waals surface area contributed by atoms with Crippen molar-refractivity contribution in [2.45, 2.75) is 50.8 Å². The average molecular weight is 213 g/mol. The van der Waals surface area contributed by atoms with E-state index in [-0.39, 0.29) is 0 Å². The van der Waals surface area contributed by atoms with Gasteiger partial charge in [-0.15, -0.1) is 6.58 Å². The SMILES string of the molecule is C=C(C)CCC(NCC)C1CCCS1. The smallest absolute Gasteiger partial charge is 0.0201 e. The molecular formula is C12H23NS. The molecule has 1 N–H and O–H groups in total. The van der Waals surface area contributed by atoms with E-state index in [9.17, 15) is 0 Å². The Morgan fingerprint density at radius 3 is 2.93 bits per heavy atom. The monoisotopic (exact) mass is 213 g/mol. The minimum atomic E-state index is 0.712. The van der Waals surface area contributed by atoms with E-state index in [0.717, 1.165) is 11.8 Å². The molecule has 0 bridgehead atoms. The molecular weight excluding hydrogens is 190 g/mol. The van der Waals surface area contributed by atoms with Crippen LogP contribution >= 0.6 is 11.8 Å². The van der Waals surface area contributed by atoms with Crippen molar-refractivity contribution >= 4 is 11.8 Å². The normalized spacial score (nSPS) is 23.7. The number of hydrogen-bond acceptors (Lipinski definition) is 2. The van der Waals surface area contributed by atoms with Gasteiger partial charge in [0, 0.05) is 11.3 Å². The minimum absolute atomic E-state index is 0.712. The predicted molar refractivity (Wildman–Crippen MR) is 67.0 cm³/mol. The van der Waals surface area contributed by atoms with Crippen molar-refractivity contribution in [3.63, 3.8) is 0 Å². The van der Waals surface area contributed by atoms with Gasteiger partial charge in [0.1, 0.15) is 0 Å². The summed E-state index contributed by atoms with van der Waals surface area (Å²) >= 11 is 2.15. The molecule has 0 amide bonds. The Morgan fingerprint density at radius 1 is 1.64 bits per heavy atom. The van der Waals surface area contributed by atoms with Gasteiger partial charge >= 0.3 is 0 Å². The van der Waals surface area contributed by atoms with Crippen LogP contribution in [0.3, 0.4) is 0 Å². The van der Waals surface area contributed by atoms with Crippen molar-refractivity contribution in [2.75, 3.05) is 12.3 Å². The van der Waals surface area contributed by atoms with Crippen molar-refractivity contribution in [1.82, 2.24) is 5.32 Å². The van der Waals surface area contributed by atoms with Gasteiger partial charge in [-0.2, -0.15) is 11.8 Å². The molecule has 0 spiro atoms. The molecule has 0 radical (unpaired) electrons. The highest BCUT2D eigenvalue weighted by atomic mass is 32.2. The fourth-order valence-corrected chi connectivity index (χ4v) is 3.44. The van der Waals surface area contributed by atoms with Crippen LogP contribution in [0.5, 0.6) is 0 Å². The maximum Gasteiger partial charge on any atom is 0.0201 e. The van der Waals surface area contributed by atoms with Crippen molar-refractivity contribution in [1.29, 1.82) is 0 Å². The van der Waals surface area contributed by atoms with E-state index in [2.05, 4.69) is 37.5 Å². The molecule has 2 heteroatoms. The van der Waals surface area contributed by atoms with Crippen molar-refractivity contribution < 1.29 is 0 Å². The van der Waals surface area contributed by atoms with Crippen LogP contribution in [0.25, 0.3) is 0 Å². The van der Waals surface area contributed by atoms with E-state index in [0.29, 0.717) is 6.04 Å². The second-order valence-corrected chi connectivity index (χ2v) is 5.56. The lowest BCUT2D eigenvalue weighted by Crippen LogP contribution is -2.37. The van der Waals surface area contributed by atoms with E-state index < -0.39 is 0 Å². The van der Waals surface area contributed by atoms with Crippen LogP contribution in [-0.2, 0) is 0 Å². The predicted octanol–water partition coefficient (Wildman–Crippen LogP) is 3.22. The van der Waals surface area contributed by atoms with Crippen LogP contribution in [0.15, 0.2) is 12.2 Å². The zero-order valence-electron chi connectivity index (χ0n) is 9.51. The first-order valence-electron chi connectivity index (χ1n) is 5.73. The summed E-state index contributed by atoms with van der Waals surface area (Å²) in [7, 11) is 0. The summed E-state index contributed by atoms with van der Waals surface area (Å²) in [5.41, 5.74) is 1.32. The lowest BCUT2D eigenvalue weighted by atomic mass is 10.0. The number of rotatable bonds is 6. The summed E-state index contributed by atoms with van der Waals surface area (Å²) < 4.78 is 0. The molecule has 1 nitrogen and oxygen atoms in total. The molecule has 2 atom stereocenters. The van der Waals surface area contributed by atoms with Gasteiger partial charge in [0.15, 0.2) is 0 Å². The summed E-state index contributed by atoms with van der Waals surface area (Å²) in [6.07, 6.45) is 5.25. The van der Waals surface area contributed by atoms with E-state index in [1.807, 2.05) is 0 Å². The topological polar surface area (TPSA) is 12.0 Å². The zero-order valence-corrected chi connectivity index (χ0v) is 10.3. The minimum Gasteiger partial charge on any atom is -0.313 e. The first-order chi connectivity index (χ1) is 6.74. The molecule has 1 saturated heterocycles. The Morgan fingerprint density at radius 2 is 2.43 bits per heavy atom. The summed E-state index contributed by atoms with van der Waals surface area (Å²) in [5.74, 6) is 1.36. The molecule has 1 aliphatic heterocycles. The zero-order chi connectivity index (χ0) is 10.4. The van der Waals surface area contributed by atoms with Crippen LogP contribution in [-0.4, -0.2) is 23.6 Å². The van der Waals surface area contributed by atoms with Gasteiger partial charge < -0.3 is 5.32 Å². The van der Waals surface area contributed by atoms with Gasteiger partial charge in [0.2, 0.25) is 0 Å². The van der Waals surface area contributed by atoms with Crippen molar-refractivity contribution in [3.8, 4) is 0 Å². The average Bonchev–Trinajstić information content (AvgIpc) is 2.64. The molecule has 14 heavy (non-hydrogen) atoms. The third-order valence-electron chi connectivity index (χ3n) is 2.76. The van der Waals surface area contributed by atoms with Gasteiger partial charge in [0.05, 0.1) is 0 Å². The Balaban J connectivity index is 2.33. The van der Waals surface area contributed by atoms with Crippen molar-refractivity contribution in [3.05, 3.63) is 12.2 Å². The molecule has 0 aromatic rings. The highest BCUT2D eigenvalue weighted by Crippen LogP contribution is 2.30. The summed E-state index contributed by atoms with van der Waals surface area (Å²) in [6, 6.07) is 0.712. The number of thioether (sulfide) groups is 1. The van der Waals surface area contributed by atoms with Crippen LogP contribution in [0.4, 0.5) is 0 Å². The maximum atomic E-state index is 3.98. The van der Waals surface area contributed by atoms with Gasteiger partial charge in [-0.3, -0.25) is 0 Å². The molecule has 1 heterocycles. The Hall–Kier alpha value is 0.0500. The van der Waals surface area contributed by atoms with Crippen molar-refractivity contribution in [2.24, 2.45) is 0 Å². The number of allylic oxidation sites excluding steroid dienone is 1. The van der Waals surface area contributed by atoms with Crippen LogP contribution in [0.1, 0.15) is 39.5 Å². The summed E-state index contributed by atoms with van der Waals surface area (Å²) in [4.78, 5) is 0. The molecule has 1 rings (SSSR count). The van der Waals surface area contributed by atoms with Gasteiger partial charge in [0.25, 0.3) is 0 Å².